The van der Waals surface area contributed by atoms with Crippen LogP contribution in [-0.2, 0) is 5.41 Å². The SMILES string of the molecule is CC(C)(C)c1cc(=O)[nH]c(-c2cc(F)cc(Br)c2)n1. The molecule has 0 fully saturated rings. The van der Waals surface area contributed by atoms with Crippen LogP contribution in [0.5, 0.6) is 0 Å². The minimum atomic E-state index is -0.381. The van der Waals surface area contributed by atoms with Crippen LogP contribution in [-0.4, -0.2) is 9.97 Å². The monoisotopic (exact) mass is 324 g/mol. The molecule has 0 amide bonds. The molecule has 0 saturated carbocycles. The van der Waals surface area contributed by atoms with E-state index in [9.17, 15) is 9.18 Å². The average Bonchev–Trinajstić information content (AvgIpc) is 2.25. The van der Waals surface area contributed by atoms with Gasteiger partial charge < -0.3 is 4.98 Å². The Labute approximate surface area is 119 Å². The highest BCUT2D eigenvalue weighted by molar-refractivity contribution is 9.10. The summed E-state index contributed by atoms with van der Waals surface area (Å²) in [6.45, 7) is 5.92. The molecular formula is C14H14BrFN2O. The van der Waals surface area contributed by atoms with Crippen LogP contribution in [0.1, 0.15) is 26.5 Å². The summed E-state index contributed by atoms with van der Waals surface area (Å²) in [4.78, 5) is 18.8. The first kappa shape index (κ1) is 13.9. The Balaban J connectivity index is 2.63. The molecule has 3 nitrogen and oxygen atoms in total. The van der Waals surface area contributed by atoms with Gasteiger partial charge in [-0.3, -0.25) is 4.79 Å². The molecule has 0 bridgehead atoms. The van der Waals surface area contributed by atoms with Gasteiger partial charge in [0.15, 0.2) is 0 Å². The van der Waals surface area contributed by atoms with E-state index in [0.29, 0.717) is 21.6 Å². The maximum atomic E-state index is 13.4. The number of aromatic nitrogens is 2. The highest BCUT2D eigenvalue weighted by Crippen LogP contribution is 2.24. The molecule has 0 aliphatic carbocycles. The third kappa shape index (κ3) is 3.29. The van der Waals surface area contributed by atoms with Gasteiger partial charge in [-0.1, -0.05) is 36.7 Å². The van der Waals surface area contributed by atoms with Crippen molar-refractivity contribution in [3.8, 4) is 11.4 Å². The van der Waals surface area contributed by atoms with Crippen molar-refractivity contribution in [3.63, 3.8) is 0 Å². The number of halogens is 2. The second kappa shape index (κ2) is 4.89. The Morgan fingerprint density at radius 3 is 2.47 bits per heavy atom. The summed E-state index contributed by atoms with van der Waals surface area (Å²) in [5.41, 5.74) is 0.727. The molecule has 5 heteroatoms. The Hall–Kier alpha value is -1.49. The lowest BCUT2D eigenvalue weighted by Gasteiger charge is -2.17. The number of nitrogens with one attached hydrogen (secondary N) is 1. The maximum Gasteiger partial charge on any atom is 0.251 e. The second-order valence-electron chi connectivity index (χ2n) is 5.39. The number of rotatable bonds is 1. The lowest BCUT2D eigenvalue weighted by atomic mass is 9.92. The van der Waals surface area contributed by atoms with Gasteiger partial charge in [-0.05, 0) is 18.2 Å². The Morgan fingerprint density at radius 2 is 1.89 bits per heavy atom. The van der Waals surface area contributed by atoms with Crippen molar-refractivity contribution in [1.29, 1.82) is 0 Å². The molecule has 0 atom stereocenters. The molecule has 0 aliphatic heterocycles. The molecule has 2 aromatic rings. The molecule has 0 saturated heterocycles. The summed E-state index contributed by atoms with van der Waals surface area (Å²) in [6.07, 6.45) is 0. The van der Waals surface area contributed by atoms with Gasteiger partial charge in [-0.2, -0.15) is 0 Å². The largest absolute Gasteiger partial charge is 0.307 e. The van der Waals surface area contributed by atoms with Crippen molar-refractivity contribution in [2.45, 2.75) is 26.2 Å². The fraction of sp³-hybridized carbons (Fsp3) is 0.286. The van der Waals surface area contributed by atoms with E-state index in [0.717, 1.165) is 0 Å². The predicted molar refractivity (Wildman–Crippen MR) is 76.7 cm³/mol. The molecule has 1 heterocycles. The minimum Gasteiger partial charge on any atom is -0.307 e. The number of hydrogen-bond acceptors (Lipinski definition) is 2. The van der Waals surface area contributed by atoms with Gasteiger partial charge in [-0.15, -0.1) is 0 Å². The number of benzene rings is 1. The van der Waals surface area contributed by atoms with Crippen molar-refractivity contribution < 1.29 is 4.39 Å². The van der Waals surface area contributed by atoms with Gasteiger partial charge in [0, 0.05) is 21.5 Å². The summed E-state index contributed by atoms with van der Waals surface area (Å²) in [6, 6.07) is 5.89. The van der Waals surface area contributed by atoms with E-state index in [1.54, 1.807) is 6.07 Å². The molecule has 0 unspecified atom stereocenters. The lowest BCUT2D eigenvalue weighted by molar-refractivity contribution is 0.566. The number of aromatic amines is 1. The number of nitrogens with zero attached hydrogens (tertiary/aromatic N) is 1. The topological polar surface area (TPSA) is 45.8 Å². The maximum absolute atomic E-state index is 13.4. The van der Waals surface area contributed by atoms with Gasteiger partial charge in [0.2, 0.25) is 0 Å². The standard InChI is InChI=1S/C14H14BrFN2O/c1-14(2,3)11-7-12(19)18-13(17-11)8-4-9(15)6-10(16)5-8/h4-7H,1-3H3,(H,17,18,19). The lowest BCUT2D eigenvalue weighted by Crippen LogP contribution is -2.19. The molecule has 0 aliphatic rings. The third-order valence-electron chi connectivity index (χ3n) is 2.65. The zero-order valence-corrected chi connectivity index (χ0v) is 12.5. The van der Waals surface area contributed by atoms with E-state index in [1.807, 2.05) is 20.8 Å². The Morgan fingerprint density at radius 1 is 1.21 bits per heavy atom. The zero-order chi connectivity index (χ0) is 14.2. The van der Waals surface area contributed by atoms with Crippen molar-refractivity contribution in [1.82, 2.24) is 9.97 Å². The van der Waals surface area contributed by atoms with Crippen molar-refractivity contribution in [2.75, 3.05) is 0 Å². The van der Waals surface area contributed by atoms with Gasteiger partial charge in [-0.25, -0.2) is 9.37 Å². The first-order valence-corrected chi connectivity index (χ1v) is 6.63. The van der Waals surface area contributed by atoms with Crippen molar-refractivity contribution >= 4 is 15.9 Å². The van der Waals surface area contributed by atoms with E-state index < -0.39 is 0 Å². The molecule has 0 spiro atoms. The third-order valence-corrected chi connectivity index (χ3v) is 3.10. The molecule has 1 N–H and O–H groups in total. The summed E-state index contributed by atoms with van der Waals surface area (Å²) in [7, 11) is 0. The van der Waals surface area contributed by atoms with Crippen LogP contribution in [0.15, 0.2) is 33.5 Å². The molecular weight excluding hydrogens is 311 g/mol. The fourth-order valence-electron chi connectivity index (χ4n) is 1.67. The van der Waals surface area contributed by atoms with E-state index in [-0.39, 0.29) is 16.8 Å². The summed E-state index contributed by atoms with van der Waals surface area (Å²) >= 11 is 3.23. The van der Waals surface area contributed by atoms with Crippen LogP contribution in [0.25, 0.3) is 11.4 Å². The Bertz CT molecular complexity index is 654. The highest BCUT2D eigenvalue weighted by atomic mass is 79.9. The normalized spacial score (nSPS) is 11.6. The second-order valence-corrected chi connectivity index (χ2v) is 6.30. The first-order valence-electron chi connectivity index (χ1n) is 5.84. The molecule has 1 aromatic heterocycles. The molecule has 2 rings (SSSR count). The van der Waals surface area contributed by atoms with Gasteiger partial charge in [0.1, 0.15) is 11.6 Å². The number of hydrogen-bond donors (Lipinski definition) is 1. The first-order chi connectivity index (χ1) is 8.75. The minimum absolute atomic E-state index is 0.240. The molecule has 100 valence electrons. The summed E-state index contributed by atoms with van der Waals surface area (Å²) in [5.74, 6) is -0.00851. The zero-order valence-electron chi connectivity index (χ0n) is 10.9. The van der Waals surface area contributed by atoms with Crippen LogP contribution >= 0.6 is 15.9 Å². The van der Waals surface area contributed by atoms with Gasteiger partial charge in [0.05, 0.1) is 5.69 Å². The van der Waals surface area contributed by atoms with Crippen LogP contribution in [0, 0.1) is 5.82 Å². The van der Waals surface area contributed by atoms with Gasteiger partial charge >= 0.3 is 0 Å². The van der Waals surface area contributed by atoms with Crippen LogP contribution < -0.4 is 5.56 Å². The average molecular weight is 325 g/mol. The van der Waals surface area contributed by atoms with E-state index in [4.69, 9.17) is 0 Å². The van der Waals surface area contributed by atoms with Crippen molar-refractivity contribution in [3.05, 3.63) is 50.6 Å². The smallest absolute Gasteiger partial charge is 0.251 e. The van der Waals surface area contributed by atoms with Crippen molar-refractivity contribution in [2.24, 2.45) is 0 Å². The van der Waals surface area contributed by atoms with Gasteiger partial charge in [0.25, 0.3) is 5.56 Å². The highest BCUT2D eigenvalue weighted by Gasteiger charge is 2.17. The van der Waals surface area contributed by atoms with Crippen LogP contribution in [0.3, 0.4) is 0 Å². The summed E-state index contributed by atoms with van der Waals surface area (Å²) < 4.78 is 14.0. The summed E-state index contributed by atoms with van der Waals surface area (Å²) in [5, 5.41) is 0. The predicted octanol–water partition coefficient (Wildman–Crippen LogP) is 3.64. The quantitative estimate of drug-likeness (QED) is 0.870. The molecule has 0 radical (unpaired) electrons. The Kier molecular flexibility index (Phi) is 3.58. The van der Waals surface area contributed by atoms with Crippen LogP contribution in [0.2, 0.25) is 0 Å². The molecule has 19 heavy (non-hydrogen) atoms. The fourth-order valence-corrected chi connectivity index (χ4v) is 2.13. The van der Waals surface area contributed by atoms with E-state index in [1.165, 1.54) is 18.2 Å². The van der Waals surface area contributed by atoms with E-state index >= 15 is 0 Å². The number of H-pyrrole nitrogens is 1. The molecule has 1 aromatic carbocycles. The van der Waals surface area contributed by atoms with E-state index in [2.05, 4.69) is 25.9 Å². The van der Waals surface area contributed by atoms with Crippen LogP contribution in [0.4, 0.5) is 4.39 Å².